The van der Waals surface area contributed by atoms with Crippen LogP contribution in [-0.2, 0) is 10.2 Å². The average Bonchev–Trinajstić information content (AvgIpc) is 3.45. The molecule has 4 unspecified atom stereocenters. The van der Waals surface area contributed by atoms with Crippen LogP contribution in [0.4, 0.5) is 10.1 Å². The molecule has 4 aromatic carbocycles. The Morgan fingerprint density at radius 1 is 0.825 bits per heavy atom. The number of Topliss-reactive ketones (excluding diaryl/α,β-unsaturated/α-hetero) is 2. The van der Waals surface area contributed by atoms with Crippen molar-refractivity contribution in [2.24, 2.45) is 5.92 Å². The molecule has 1 spiro atoms. The van der Waals surface area contributed by atoms with E-state index in [0.29, 0.717) is 21.8 Å². The molecule has 5 nitrogen and oxygen atoms in total. The molecule has 1 fully saturated rings. The van der Waals surface area contributed by atoms with Crippen molar-refractivity contribution in [1.82, 2.24) is 4.90 Å². The van der Waals surface area contributed by atoms with Crippen molar-refractivity contribution in [2.75, 3.05) is 5.32 Å². The first kappa shape index (κ1) is 24.5. The zero-order valence-corrected chi connectivity index (χ0v) is 21.8. The van der Waals surface area contributed by atoms with Gasteiger partial charge in [0.2, 0.25) is 5.91 Å². The molecule has 0 saturated carbocycles. The maximum Gasteiger partial charge on any atom is 0.238 e. The molecule has 40 heavy (non-hydrogen) atoms. The number of hydrogen-bond acceptors (Lipinski definition) is 4. The average molecular weight is 549 g/mol. The van der Waals surface area contributed by atoms with Gasteiger partial charge in [-0.1, -0.05) is 54.1 Å². The molecule has 1 saturated heterocycles. The van der Waals surface area contributed by atoms with E-state index in [9.17, 15) is 18.8 Å². The zero-order chi connectivity index (χ0) is 27.6. The fourth-order valence-corrected chi connectivity index (χ4v) is 6.87. The Labute approximate surface area is 234 Å². The van der Waals surface area contributed by atoms with E-state index in [1.807, 2.05) is 65.7 Å². The number of halogens is 2. The Morgan fingerprint density at radius 2 is 1.48 bits per heavy atom. The number of para-hydroxylation sites is 1. The van der Waals surface area contributed by atoms with Gasteiger partial charge in [-0.05, 0) is 77.4 Å². The fraction of sp³-hybridized carbons (Fsp3) is 0.121. The molecular formula is C33H22ClFN2O3. The zero-order valence-electron chi connectivity index (χ0n) is 21.1. The minimum absolute atomic E-state index is 0.259. The number of rotatable bonds is 4. The second-order valence-electron chi connectivity index (χ2n) is 10.3. The van der Waals surface area contributed by atoms with Gasteiger partial charge in [0.25, 0.3) is 0 Å². The summed E-state index contributed by atoms with van der Waals surface area (Å²) >= 11 is 6.14. The molecular weight excluding hydrogens is 527 g/mol. The van der Waals surface area contributed by atoms with Crippen LogP contribution in [0.15, 0.2) is 103 Å². The Bertz CT molecular complexity index is 1730. The topological polar surface area (TPSA) is 66.5 Å². The number of ketones is 2. The van der Waals surface area contributed by atoms with E-state index in [1.165, 1.54) is 24.3 Å². The highest BCUT2D eigenvalue weighted by atomic mass is 35.5. The predicted octanol–water partition coefficient (Wildman–Crippen LogP) is 6.46. The highest BCUT2D eigenvalue weighted by Gasteiger charge is 2.70. The van der Waals surface area contributed by atoms with Crippen molar-refractivity contribution in [2.45, 2.75) is 17.5 Å². The largest absolute Gasteiger partial charge is 0.358 e. The monoisotopic (exact) mass is 548 g/mol. The summed E-state index contributed by atoms with van der Waals surface area (Å²) in [7, 11) is 0. The first-order valence-electron chi connectivity index (χ1n) is 13.0. The van der Waals surface area contributed by atoms with E-state index >= 15 is 0 Å². The number of fused-ring (bicyclic) bond motifs is 6. The molecule has 3 heterocycles. The predicted molar refractivity (Wildman–Crippen MR) is 151 cm³/mol. The number of amides is 1. The van der Waals surface area contributed by atoms with E-state index in [-0.39, 0.29) is 23.0 Å². The Kier molecular flexibility index (Phi) is 5.51. The molecule has 0 aliphatic carbocycles. The Balaban J connectivity index is 1.53. The number of benzene rings is 4. The summed E-state index contributed by atoms with van der Waals surface area (Å²) in [4.78, 5) is 45.3. The number of hydrogen-bond donors (Lipinski definition) is 1. The van der Waals surface area contributed by atoms with E-state index in [1.54, 1.807) is 24.3 Å². The van der Waals surface area contributed by atoms with Crippen LogP contribution in [0.2, 0.25) is 5.02 Å². The third-order valence-electron chi connectivity index (χ3n) is 8.38. The molecule has 1 N–H and O–H groups in total. The first-order chi connectivity index (χ1) is 19.4. The summed E-state index contributed by atoms with van der Waals surface area (Å²) < 4.78 is 13.8. The molecule has 0 bridgehead atoms. The van der Waals surface area contributed by atoms with Crippen molar-refractivity contribution >= 4 is 40.8 Å². The molecule has 0 aromatic heterocycles. The molecule has 4 atom stereocenters. The van der Waals surface area contributed by atoms with Crippen molar-refractivity contribution in [3.05, 3.63) is 142 Å². The van der Waals surface area contributed by atoms with Crippen molar-refractivity contribution in [3.8, 4) is 0 Å². The van der Waals surface area contributed by atoms with E-state index in [2.05, 4.69) is 5.32 Å². The lowest BCUT2D eigenvalue weighted by molar-refractivity contribution is -0.122. The number of nitrogens with one attached hydrogen (secondary N) is 1. The van der Waals surface area contributed by atoms with E-state index in [4.69, 9.17) is 11.6 Å². The third-order valence-corrected chi connectivity index (χ3v) is 8.63. The van der Waals surface area contributed by atoms with Gasteiger partial charge in [-0.2, -0.15) is 0 Å². The van der Waals surface area contributed by atoms with Crippen LogP contribution in [0, 0.1) is 11.7 Å². The lowest BCUT2D eigenvalue weighted by Crippen LogP contribution is -2.49. The van der Waals surface area contributed by atoms with Crippen LogP contribution in [0.5, 0.6) is 0 Å². The van der Waals surface area contributed by atoms with E-state index in [0.717, 1.165) is 11.1 Å². The van der Waals surface area contributed by atoms with Gasteiger partial charge >= 0.3 is 0 Å². The van der Waals surface area contributed by atoms with Gasteiger partial charge in [0.05, 0.1) is 12.0 Å². The SMILES string of the molecule is O=C(c1ccc(F)cc1)C1C(C(=O)c2ccc(Cl)cc2)C2(C(=O)Nc3ccccc32)C2c3ccccc3C=CN12. The van der Waals surface area contributed by atoms with Gasteiger partial charge in [-0.25, -0.2) is 4.39 Å². The van der Waals surface area contributed by atoms with Crippen LogP contribution >= 0.6 is 11.6 Å². The maximum absolute atomic E-state index is 14.6. The second kappa shape index (κ2) is 9.00. The molecule has 3 aliphatic heterocycles. The van der Waals surface area contributed by atoms with Crippen molar-refractivity contribution in [1.29, 1.82) is 0 Å². The van der Waals surface area contributed by atoms with Crippen molar-refractivity contribution < 1.29 is 18.8 Å². The highest BCUT2D eigenvalue weighted by molar-refractivity contribution is 6.30. The molecule has 7 heteroatoms. The van der Waals surface area contributed by atoms with Gasteiger partial charge in [-0.15, -0.1) is 0 Å². The van der Waals surface area contributed by atoms with Crippen LogP contribution in [0.3, 0.4) is 0 Å². The van der Waals surface area contributed by atoms with Gasteiger partial charge < -0.3 is 10.2 Å². The molecule has 3 aliphatic rings. The fourth-order valence-electron chi connectivity index (χ4n) is 6.75. The standard InChI is InChI=1S/C33H22ClFN2O3/c34-22-13-9-20(10-14-22)29(38)27-28(30(39)21-11-15-23(35)16-12-21)37-18-17-19-5-1-2-6-24(19)31(37)33(27)25-7-3-4-8-26(25)36-32(33)40/h1-18,27-28,31H,(H,36,40). The molecule has 1 amide bonds. The molecule has 196 valence electrons. The molecule has 7 rings (SSSR count). The third kappa shape index (κ3) is 3.36. The quantitative estimate of drug-likeness (QED) is 0.297. The van der Waals surface area contributed by atoms with Gasteiger partial charge in [0.1, 0.15) is 17.3 Å². The summed E-state index contributed by atoms with van der Waals surface area (Å²) in [5.41, 5.74) is 2.22. The summed E-state index contributed by atoms with van der Waals surface area (Å²) in [5.74, 6) is -2.62. The Morgan fingerprint density at radius 3 is 2.25 bits per heavy atom. The number of carbonyl (C=O) groups excluding carboxylic acids is 3. The van der Waals surface area contributed by atoms with Crippen LogP contribution < -0.4 is 5.32 Å². The minimum Gasteiger partial charge on any atom is -0.358 e. The van der Waals surface area contributed by atoms with Crippen LogP contribution in [-0.4, -0.2) is 28.4 Å². The normalized spacial score (nSPS) is 23.9. The summed E-state index contributed by atoms with van der Waals surface area (Å²) in [6.45, 7) is 0. The van der Waals surface area contributed by atoms with Gasteiger partial charge in [0.15, 0.2) is 11.6 Å². The highest BCUT2D eigenvalue weighted by Crippen LogP contribution is 2.62. The molecule has 0 radical (unpaired) electrons. The number of carbonyl (C=O) groups is 3. The number of anilines is 1. The van der Waals surface area contributed by atoms with Gasteiger partial charge in [0, 0.05) is 28.0 Å². The van der Waals surface area contributed by atoms with Crippen LogP contribution in [0.1, 0.15) is 43.4 Å². The number of nitrogens with zero attached hydrogens (tertiary/aromatic N) is 1. The lowest BCUT2D eigenvalue weighted by atomic mass is 9.62. The van der Waals surface area contributed by atoms with E-state index < -0.39 is 29.2 Å². The first-order valence-corrected chi connectivity index (χ1v) is 13.3. The lowest BCUT2D eigenvalue weighted by Gasteiger charge is -2.38. The smallest absolute Gasteiger partial charge is 0.238 e. The second-order valence-corrected chi connectivity index (χ2v) is 10.8. The Hall–Kier alpha value is -4.55. The van der Waals surface area contributed by atoms with Crippen LogP contribution in [0.25, 0.3) is 6.08 Å². The maximum atomic E-state index is 14.6. The summed E-state index contributed by atoms with van der Waals surface area (Å²) in [6, 6.07) is 25.2. The minimum atomic E-state index is -1.42. The van der Waals surface area contributed by atoms with Gasteiger partial charge in [-0.3, -0.25) is 14.4 Å². The molecule has 4 aromatic rings. The summed E-state index contributed by atoms with van der Waals surface area (Å²) in [6.07, 6.45) is 3.71. The summed E-state index contributed by atoms with van der Waals surface area (Å²) in [5, 5.41) is 3.49. The van der Waals surface area contributed by atoms with Crippen molar-refractivity contribution in [3.63, 3.8) is 0 Å².